The van der Waals surface area contributed by atoms with Crippen molar-refractivity contribution in [2.24, 2.45) is 11.8 Å². The molecule has 0 bridgehead atoms. The Hall–Kier alpha value is -1.61. The number of hydrogen-bond acceptors (Lipinski definition) is 7. The van der Waals surface area contributed by atoms with Crippen molar-refractivity contribution in [3.63, 3.8) is 0 Å². The van der Waals surface area contributed by atoms with E-state index in [1.165, 1.54) is 14.0 Å². The van der Waals surface area contributed by atoms with Crippen LogP contribution in [0.1, 0.15) is 110 Å². The molecule has 2 rings (SSSR count). The Balaban J connectivity index is 2.07. The van der Waals surface area contributed by atoms with Gasteiger partial charge in [-0.15, -0.1) is 0 Å². The van der Waals surface area contributed by atoms with Gasteiger partial charge in [-0.1, -0.05) is 32.6 Å². The fourth-order valence-electron chi connectivity index (χ4n) is 5.57. The number of Topliss-reactive ketones (excluding diaryl/α,β-unsaturated/α-hetero) is 1. The van der Waals surface area contributed by atoms with Gasteiger partial charge in [0.1, 0.15) is 6.10 Å². The number of methoxy groups -OCH3 is 1. The molecule has 0 aromatic rings. The van der Waals surface area contributed by atoms with E-state index >= 15 is 0 Å². The highest BCUT2D eigenvalue weighted by Gasteiger charge is 2.47. The van der Waals surface area contributed by atoms with Crippen LogP contribution in [0.3, 0.4) is 0 Å². The molecule has 37 heavy (non-hydrogen) atoms. The van der Waals surface area contributed by atoms with Crippen molar-refractivity contribution in [3.8, 4) is 0 Å². The summed E-state index contributed by atoms with van der Waals surface area (Å²) in [6.45, 7) is 3.81. The van der Waals surface area contributed by atoms with Crippen LogP contribution in [0, 0.1) is 11.8 Å². The van der Waals surface area contributed by atoms with Crippen molar-refractivity contribution in [2.45, 2.75) is 135 Å². The normalized spacial score (nSPS) is 26.1. The molecule has 0 aromatic carbocycles. The lowest BCUT2D eigenvalue weighted by Crippen LogP contribution is -2.33. The molecule has 1 aliphatic heterocycles. The number of halogens is 2. The molecule has 5 atom stereocenters. The molecule has 0 N–H and O–H groups in total. The highest BCUT2D eigenvalue weighted by molar-refractivity contribution is 5.85. The summed E-state index contributed by atoms with van der Waals surface area (Å²) < 4.78 is 51.2. The van der Waals surface area contributed by atoms with Gasteiger partial charge in [-0.25, -0.2) is 0 Å². The Bertz CT molecular complexity index is 709. The van der Waals surface area contributed by atoms with Gasteiger partial charge in [0.05, 0.1) is 13.2 Å². The largest absolute Gasteiger partial charge is 0.469 e. The number of alkyl halides is 2. The summed E-state index contributed by atoms with van der Waals surface area (Å²) in [5.74, 6) is -5.22. The zero-order chi connectivity index (χ0) is 27.3. The van der Waals surface area contributed by atoms with E-state index in [1.807, 2.05) is 6.92 Å². The van der Waals surface area contributed by atoms with E-state index < -0.39 is 18.1 Å². The maximum Gasteiger partial charge on any atom is 0.305 e. The van der Waals surface area contributed by atoms with Crippen molar-refractivity contribution in [1.82, 2.24) is 0 Å². The standard InChI is InChI=1S/C28H46F2O7/c1-4-5-17-28(29,30)25(32)16-15-22-21(12-8-6-7-9-13-26(33)34-3)23(36-20(2)31)19-24(22)37-27-14-10-11-18-35-27/h21-24,27H,4-19H2,1-3H3. The first-order chi connectivity index (χ1) is 17.7. The van der Waals surface area contributed by atoms with Crippen LogP contribution in [-0.4, -0.2) is 55.9 Å². The average molecular weight is 533 g/mol. The number of ketones is 1. The topological polar surface area (TPSA) is 88.1 Å². The second kappa shape index (κ2) is 16.4. The summed E-state index contributed by atoms with van der Waals surface area (Å²) in [5.41, 5.74) is 0. The molecule has 2 aliphatic rings. The smallest absolute Gasteiger partial charge is 0.305 e. The van der Waals surface area contributed by atoms with Gasteiger partial charge in [0.15, 0.2) is 6.29 Å². The van der Waals surface area contributed by atoms with Gasteiger partial charge in [0, 0.05) is 45.1 Å². The summed E-state index contributed by atoms with van der Waals surface area (Å²) in [7, 11) is 1.37. The van der Waals surface area contributed by atoms with Crippen molar-refractivity contribution < 1.29 is 42.1 Å². The maximum absolute atomic E-state index is 14.4. The molecular formula is C28H46F2O7. The molecule has 1 aliphatic carbocycles. The van der Waals surface area contributed by atoms with E-state index in [4.69, 9.17) is 14.2 Å². The van der Waals surface area contributed by atoms with E-state index in [0.29, 0.717) is 32.3 Å². The van der Waals surface area contributed by atoms with Gasteiger partial charge in [-0.05, 0) is 50.9 Å². The summed E-state index contributed by atoms with van der Waals surface area (Å²) in [6, 6.07) is 0. The second-order valence-electron chi connectivity index (χ2n) is 10.5. The molecule has 1 heterocycles. The summed E-state index contributed by atoms with van der Waals surface area (Å²) in [4.78, 5) is 35.7. The van der Waals surface area contributed by atoms with E-state index in [1.54, 1.807) is 0 Å². The number of ether oxygens (including phenoxy) is 4. The number of rotatable bonds is 17. The highest BCUT2D eigenvalue weighted by atomic mass is 19.3. The molecule has 1 saturated heterocycles. The van der Waals surface area contributed by atoms with Gasteiger partial charge in [-0.3, -0.25) is 14.4 Å². The van der Waals surface area contributed by atoms with Crippen molar-refractivity contribution in [3.05, 3.63) is 0 Å². The Kier molecular flexibility index (Phi) is 14.0. The SMILES string of the molecule is CCCCC(F)(F)C(=O)CCC1C(OC2CCCCO2)CC(OC(C)=O)C1CCCCCCC(=O)OC. The van der Waals surface area contributed by atoms with Crippen LogP contribution >= 0.6 is 0 Å². The number of hydrogen-bond donors (Lipinski definition) is 0. The quantitative estimate of drug-likeness (QED) is 0.164. The minimum Gasteiger partial charge on any atom is -0.469 e. The first kappa shape index (κ1) is 31.6. The van der Waals surface area contributed by atoms with E-state index in [0.717, 1.165) is 51.4 Å². The summed E-state index contributed by atoms with van der Waals surface area (Å²) >= 11 is 0. The third-order valence-corrected chi connectivity index (χ3v) is 7.60. The van der Waals surface area contributed by atoms with Crippen LogP contribution in [0.5, 0.6) is 0 Å². The zero-order valence-electron chi connectivity index (χ0n) is 22.8. The first-order valence-electron chi connectivity index (χ1n) is 14.1. The molecule has 214 valence electrons. The fourth-order valence-corrected chi connectivity index (χ4v) is 5.57. The van der Waals surface area contributed by atoms with E-state index in [9.17, 15) is 23.2 Å². The van der Waals surface area contributed by atoms with Gasteiger partial charge in [-0.2, -0.15) is 8.78 Å². The highest BCUT2D eigenvalue weighted by Crippen LogP contribution is 2.43. The lowest BCUT2D eigenvalue weighted by Gasteiger charge is -2.30. The minimum absolute atomic E-state index is 0.0878. The van der Waals surface area contributed by atoms with Crippen LogP contribution in [-0.2, 0) is 33.3 Å². The van der Waals surface area contributed by atoms with Crippen LogP contribution in [0.4, 0.5) is 8.78 Å². The van der Waals surface area contributed by atoms with Crippen LogP contribution < -0.4 is 0 Å². The Morgan fingerprint density at radius 3 is 2.32 bits per heavy atom. The molecule has 0 amide bonds. The summed E-state index contributed by atoms with van der Waals surface area (Å²) in [5, 5.41) is 0. The number of unbranched alkanes of at least 4 members (excludes halogenated alkanes) is 4. The van der Waals surface area contributed by atoms with E-state index in [2.05, 4.69) is 4.74 Å². The Morgan fingerprint density at radius 1 is 0.946 bits per heavy atom. The third-order valence-electron chi connectivity index (χ3n) is 7.60. The van der Waals surface area contributed by atoms with Gasteiger partial charge in [0.25, 0.3) is 0 Å². The molecule has 1 saturated carbocycles. The molecular weight excluding hydrogens is 486 g/mol. The molecule has 0 spiro atoms. The molecule has 2 fully saturated rings. The van der Waals surface area contributed by atoms with Crippen LogP contribution in [0.2, 0.25) is 0 Å². The Morgan fingerprint density at radius 2 is 1.68 bits per heavy atom. The fraction of sp³-hybridized carbons (Fsp3) is 0.893. The van der Waals surface area contributed by atoms with Crippen molar-refractivity contribution in [1.29, 1.82) is 0 Å². The van der Waals surface area contributed by atoms with Crippen molar-refractivity contribution in [2.75, 3.05) is 13.7 Å². The molecule has 9 heteroatoms. The Labute approximate surface area is 220 Å². The van der Waals surface area contributed by atoms with Gasteiger partial charge in [0.2, 0.25) is 5.78 Å². The van der Waals surface area contributed by atoms with Gasteiger partial charge < -0.3 is 18.9 Å². The molecule has 7 nitrogen and oxygen atoms in total. The summed E-state index contributed by atoms with van der Waals surface area (Å²) in [6.07, 6.45) is 7.09. The number of carbonyl (C=O) groups is 3. The number of esters is 2. The van der Waals surface area contributed by atoms with Crippen molar-refractivity contribution >= 4 is 17.7 Å². The zero-order valence-corrected chi connectivity index (χ0v) is 22.8. The molecule has 0 aromatic heterocycles. The third kappa shape index (κ3) is 11.0. The first-order valence-corrected chi connectivity index (χ1v) is 14.1. The van der Waals surface area contributed by atoms with Gasteiger partial charge >= 0.3 is 17.9 Å². The minimum atomic E-state index is -3.32. The lowest BCUT2D eigenvalue weighted by molar-refractivity contribution is -0.196. The average Bonchev–Trinajstić information content (AvgIpc) is 3.18. The molecule has 0 radical (unpaired) electrons. The van der Waals surface area contributed by atoms with E-state index in [-0.39, 0.29) is 55.1 Å². The lowest BCUT2D eigenvalue weighted by atomic mass is 9.84. The predicted octanol–water partition coefficient (Wildman–Crippen LogP) is 6.15. The number of carbonyl (C=O) groups excluding carboxylic acids is 3. The van der Waals surface area contributed by atoms with Crippen LogP contribution in [0.15, 0.2) is 0 Å². The molecule has 5 unspecified atom stereocenters. The maximum atomic E-state index is 14.4. The second-order valence-corrected chi connectivity index (χ2v) is 10.5. The predicted molar refractivity (Wildman–Crippen MR) is 134 cm³/mol. The monoisotopic (exact) mass is 532 g/mol. The van der Waals surface area contributed by atoms with Crippen LogP contribution in [0.25, 0.3) is 0 Å².